The summed E-state index contributed by atoms with van der Waals surface area (Å²) < 4.78 is 2.17. The Morgan fingerprint density at radius 3 is 2.68 bits per heavy atom. The van der Waals surface area contributed by atoms with Crippen molar-refractivity contribution in [3.8, 4) is 0 Å². The van der Waals surface area contributed by atoms with Crippen LogP contribution in [0.15, 0.2) is 60.8 Å². The van der Waals surface area contributed by atoms with Crippen LogP contribution in [0.2, 0.25) is 5.02 Å². The van der Waals surface area contributed by atoms with Crippen LogP contribution < -0.4 is 0 Å². The predicted molar refractivity (Wildman–Crippen MR) is 90.5 cm³/mol. The molecule has 2 aromatic carbocycles. The third kappa shape index (κ3) is 1.46. The monoisotopic (exact) mass is 303 g/mol. The zero-order valence-corrected chi connectivity index (χ0v) is 12.2. The summed E-state index contributed by atoms with van der Waals surface area (Å²) in [5.41, 5.74) is 4.99. The molecule has 0 N–H and O–H groups in total. The summed E-state index contributed by atoms with van der Waals surface area (Å²) >= 11 is 6.19. The van der Waals surface area contributed by atoms with Crippen LogP contribution in [0.4, 0.5) is 0 Å². The summed E-state index contributed by atoms with van der Waals surface area (Å²) in [6.45, 7) is 0. The van der Waals surface area contributed by atoms with Gasteiger partial charge in [0.25, 0.3) is 0 Å². The minimum atomic E-state index is 0.708. The molecule has 5 aromatic rings. The average molecular weight is 304 g/mol. The van der Waals surface area contributed by atoms with E-state index in [1.807, 2.05) is 48.7 Å². The van der Waals surface area contributed by atoms with Gasteiger partial charge in [0.1, 0.15) is 5.65 Å². The topological polar surface area (TPSA) is 30.2 Å². The summed E-state index contributed by atoms with van der Waals surface area (Å²) in [6.07, 6.45) is 1.81. The second-order valence-electron chi connectivity index (χ2n) is 5.32. The molecule has 0 atom stereocenters. The first-order valence-electron chi connectivity index (χ1n) is 7.06. The zero-order chi connectivity index (χ0) is 14.7. The molecule has 5 rings (SSSR count). The molecule has 0 saturated carbocycles. The van der Waals surface area contributed by atoms with E-state index < -0.39 is 0 Å². The Hall–Kier alpha value is -2.65. The van der Waals surface area contributed by atoms with Gasteiger partial charge in [0.05, 0.1) is 22.1 Å². The number of benzene rings is 2. The minimum absolute atomic E-state index is 0.708. The Morgan fingerprint density at radius 2 is 1.73 bits per heavy atom. The van der Waals surface area contributed by atoms with Crippen LogP contribution in [-0.4, -0.2) is 14.4 Å². The smallest absolute Gasteiger partial charge is 0.146 e. The van der Waals surface area contributed by atoms with Crippen molar-refractivity contribution in [2.75, 3.05) is 0 Å². The fraction of sp³-hybridized carbons (Fsp3) is 0. The maximum atomic E-state index is 6.19. The van der Waals surface area contributed by atoms with E-state index in [9.17, 15) is 0 Å². The maximum absolute atomic E-state index is 6.19. The van der Waals surface area contributed by atoms with Crippen molar-refractivity contribution >= 4 is 50.1 Å². The molecule has 4 heteroatoms. The van der Waals surface area contributed by atoms with Crippen LogP contribution in [0, 0.1) is 0 Å². The summed E-state index contributed by atoms with van der Waals surface area (Å²) in [5, 5.41) is 2.80. The van der Waals surface area contributed by atoms with Crippen molar-refractivity contribution in [1.29, 1.82) is 0 Å². The van der Waals surface area contributed by atoms with Crippen molar-refractivity contribution in [1.82, 2.24) is 14.4 Å². The molecule has 0 bridgehead atoms. The minimum Gasteiger partial charge on any atom is -0.290 e. The Kier molecular flexibility index (Phi) is 2.27. The highest BCUT2D eigenvalue weighted by atomic mass is 35.5. The van der Waals surface area contributed by atoms with Crippen LogP contribution in [-0.2, 0) is 0 Å². The van der Waals surface area contributed by atoms with Crippen molar-refractivity contribution in [2.24, 2.45) is 0 Å². The van der Waals surface area contributed by atoms with E-state index in [0.717, 1.165) is 38.5 Å². The lowest BCUT2D eigenvalue weighted by atomic mass is 10.1. The zero-order valence-electron chi connectivity index (χ0n) is 11.5. The SMILES string of the molecule is Clc1ccc2c(c1)c1ncccc1n1c3ccccc3nc21. The molecular formula is C18H10ClN3. The second-order valence-corrected chi connectivity index (χ2v) is 5.76. The van der Waals surface area contributed by atoms with Crippen molar-refractivity contribution < 1.29 is 0 Å². The first-order valence-corrected chi connectivity index (χ1v) is 7.44. The van der Waals surface area contributed by atoms with E-state index in [0.29, 0.717) is 5.02 Å². The normalized spacial score (nSPS) is 11.9. The van der Waals surface area contributed by atoms with Gasteiger partial charge in [0.2, 0.25) is 0 Å². The van der Waals surface area contributed by atoms with Gasteiger partial charge in [0, 0.05) is 22.0 Å². The van der Waals surface area contributed by atoms with E-state index in [4.69, 9.17) is 16.6 Å². The van der Waals surface area contributed by atoms with Gasteiger partial charge >= 0.3 is 0 Å². The average Bonchev–Trinajstić information content (AvgIpc) is 2.94. The predicted octanol–water partition coefficient (Wildman–Crippen LogP) is 4.84. The van der Waals surface area contributed by atoms with Gasteiger partial charge in [-0.25, -0.2) is 4.98 Å². The molecule has 0 radical (unpaired) electrons. The third-order valence-electron chi connectivity index (χ3n) is 4.07. The standard InChI is InChI=1S/C18H10ClN3/c19-11-7-8-12-13(10-11)17-16(6-3-9-20-17)22-15-5-2-1-4-14(15)21-18(12)22/h1-10H. The Morgan fingerprint density at radius 1 is 0.864 bits per heavy atom. The summed E-state index contributed by atoms with van der Waals surface area (Å²) in [6, 6.07) is 18.1. The van der Waals surface area contributed by atoms with Gasteiger partial charge in [-0.05, 0) is 42.5 Å². The van der Waals surface area contributed by atoms with Crippen LogP contribution in [0.5, 0.6) is 0 Å². The molecule has 0 spiro atoms. The van der Waals surface area contributed by atoms with Crippen molar-refractivity contribution in [2.45, 2.75) is 0 Å². The van der Waals surface area contributed by atoms with Crippen LogP contribution in [0.1, 0.15) is 0 Å². The van der Waals surface area contributed by atoms with Crippen LogP contribution in [0.3, 0.4) is 0 Å². The molecular weight excluding hydrogens is 294 g/mol. The van der Waals surface area contributed by atoms with Crippen LogP contribution in [0.25, 0.3) is 38.5 Å². The number of fused-ring (bicyclic) bond motifs is 8. The summed E-state index contributed by atoms with van der Waals surface area (Å²) in [5.74, 6) is 0. The first-order chi connectivity index (χ1) is 10.8. The molecule has 3 heterocycles. The summed E-state index contributed by atoms with van der Waals surface area (Å²) in [4.78, 5) is 9.39. The fourth-order valence-corrected chi connectivity index (χ4v) is 3.31. The van der Waals surface area contributed by atoms with Gasteiger partial charge in [0.15, 0.2) is 0 Å². The second kappa shape index (κ2) is 4.18. The number of imidazole rings is 1. The van der Waals surface area contributed by atoms with Gasteiger partial charge in [-0.15, -0.1) is 0 Å². The number of para-hydroxylation sites is 2. The number of halogens is 1. The molecule has 3 nitrogen and oxygen atoms in total. The van der Waals surface area contributed by atoms with E-state index in [-0.39, 0.29) is 0 Å². The molecule has 0 fully saturated rings. The molecule has 0 aliphatic heterocycles. The largest absolute Gasteiger partial charge is 0.290 e. The first kappa shape index (κ1) is 12.0. The molecule has 3 aromatic heterocycles. The van der Waals surface area contributed by atoms with E-state index >= 15 is 0 Å². The number of hydrogen-bond donors (Lipinski definition) is 0. The number of pyridine rings is 2. The number of hydrogen-bond acceptors (Lipinski definition) is 2. The highest BCUT2D eigenvalue weighted by Gasteiger charge is 2.13. The number of rotatable bonds is 0. The summed E-state index contributed by atoms with van der Waals surface area (Å²) in [7, 11) is 0. The molecule has 0 unspecified atom stereocenters. The molecule has 0 aliphatic carbocycles. The number of nitrogens with zero attached hydrogens (tertiary/aromatic N) is 3. The van der Waals surface area contributed by atoms with E-state index in [2.05, 4.69) is 21.5 Å². The fourth-order valence-electron chi connectivity index (χ4n) is 3.14. The van der Waals surface area contributed by atoms with Crippen LogP contribution >= 0.6 is 11.6 Å². The van der Waals surface area contributed by atoms with Crippen molar-refractivity contribution in [3.05, 3.63) is 65.8 Å². The molecule has 104 valence electrons. The van der Waals surface area contributed by atoms with E-state index in [1.165, 1.54) is 0 Å². The molecule has 22 heavy (non-hydrogen) atoms. The van der Waals surface area contributed by atoms with Crippen molar-refractivity contribution in [3.63, 3.8) is 0 Å². The van der Waals surface area contributed by atoms with Gasteiger partial charge in [-0.1, -0.05) is 23.7 Å². The molecule has 0 amide bonds. The van der Waals surface area contributed by atoms with Gasteiger partial charge in [-0.2, -0.15) is 0 Å². The Labute approximate surface area is 130 Å². The Bertz CT molecular complexity index is 1190. The van der Waals surface area contributed by atoms with Gasteiger partial charge in [-0.3, -0.25) is 9.38 Å². The van der Waals surface area contributed by atoms with Gasteiger partial charge < -0.3 is 0 Å². The van der Waals surface area contributed by atoms with E-state index in [1.54, 1.807) is 0 Å². The quantitative estimate of drug-likeness (QED) is 0.383. The Balaban J connectivity index is 2.22. The molecule has 0 aliphatic rings. The third-order valence-corrected chi connectivity index (χ3v) is 4.30. The maximum Gasteiger partial charge on any atom is 0.146 e. The highest BCUT2D eigenvalue weighted by molar-refractivity contribution is 6.32. The lowest BCUT2D eigenvalue weighted by Crippen LogP contribution is -1.92. The lowest BCUT2D eigenvalue weighted by molar-refractivity contribution is 1.29. The molecule has 0 saturated heterocycles. The highest BCUT2D eigenvalue weighted by Crippen LogP contribution is 2.32. The lowest BCUT2D eigenvalue weighted by Gasteiger charge is -2.08. The number of aromatic nitrogens is 3.